The molecule has 1 atom stereocenters. The molecule has 0 spiro atoms. The van der Waals surface area contributed by atoms with Crippen molar-refractivity contribution in [3.8, 4) is 17.2 Å². The Morgan fingerprint density at radius 2 is 1.73 bits per heavy atom. The van der Waals surface area contributed by atoms with Crippen LogP contribution in [0.15, 0.2) is 42.5 Å². The fourth-order valence-electron chi connectivity index (χ4n) is 3.93. The van der Waals surface area contributed by atoms with Crippen molar-refractivity contribution < 1.29 is 28.5 Å². The van der Waals surface area contributed by atoms with Gasteiger partial charge in [0.05, 0.1) is 26.4 Å². The van der Waals surface area contributed by atoms with Crippen molar-refractivity contribution in [2.24, 2.45) is 0 Å². The second-order valence-electron chi connectivity index (χ2n) is 7.84. The van der Waals surface area contributed by atoms with E-state index in [-0.39, 0.29) is 12.8 Å². The molecule has 0 unspecified atom stereocenters. The van der Waals surface area contributed by atoms with Gasteiger partial charge in [0.2, 0.25) is 6.79 Å². The fraction of sp³-hybridized carbons (Fsp3) is 0.417. The number of hydrogen-bond acceptors (Lipinski definition) is 7. The van der Waals surface area contributed by atoms with Gasteiger partial charge in [0.1, 0.15) is 5.75 Å². The summed E-state index contributed by atoms with van der Waals surface area (Å²) < 4.78 is 21.5. The first-order valence-corrected chi connectivity index (χ1v) is 11.0. The number of hydrogen-bond donors (Lipinski definition) is 2. The Morgan fingerprint density at radius 1 is 1.00 bits per heavy atom. The summed E-state index contributed by atoms with van der Waals surface area (Å²) in [5.41, 5.74) is 2.04. The van der Waals surface area contributed by atoms with Crippen LogP contribution in [0.5, 0.6) is 17.2 Å². The van der Waals surface area contributed by atoms with Crippen LogP contribution in [0.1, 0.15) is 17.2 Å². The lowest BCUT2D eigenvalue weighted by molar-refractivity contribution is -0.139. The first kappa shape index (κ1) is 22.9. The van der Waals surface area contributed by atoms with E-state index in [9.17, 15) is 9.59 Å². The Bertz CT molecular complexity index is 959. The van der Waals surface area contributed by atoms with E-state index in [0.717, 1.165) is 30.0 Å². The monoisotopic (exact) mass is 455 g/mol. The van der Waals surface area contributed by atoms with E-state index in [0.29, 0.717) is 44.2 Å². The van der Waals surface area contributed by atoms with Gasteiger partial charge in [-0.1, -0.05) is 18.2 Å². The number of nitrogens with zero attached hydrogens (tertiary/aromatic N) is 1. The maximum atomic E-state index is 12.4. The van der Waals surface area contributed by atoms with Crippen LogP contribution in [0, 0.1) is 0 Å². The summed E-state index contributed by atoms with van der Waals surface area (Å²) in [6.45, 7) is 3.60. The number of methoxy groups -OCH3 is 1. The minimum absolute atomic E-state index is 0.112. The molecule has 0 saturated carbocycles. The normalized spacial score (nSPS) is 16.2. The van der Waals surface area contributed by atoms with Crippen LogP contribution in [-0.4, -0.2) is 70.0 Å². The van der Waals surface area contributed by atoms with Crippen molar-refractivity contribution >= 4 is 11.8 Å². The van der Waals surface area contributed by atoms with Crippen molar-refractivity contribution in [3.05, 3.63) is 53.6 Å². The molecule has 4 rings (SSSR count). The van der Waals surface area contributed by atoms with Crippen molar-refractivity contribution in [1.29, 1.82) is 0 Å². The molecule has 1 fully saturated rings. The van der Waals surface area contributed by atoms with Gasteiger partial charge < -0.3 is 29.6 Å². The molecule has 2 aliphatic rings. The van der Waals surface area contributed by atoms with Crippen LogP contribution in [0.25, 0.3) is 0 Å². The molecule has 2 aliphatic heterocycles. The second kappa shape index (κ2) is 11.0. The summed E-state index contributed by atoms with van der Waals surface area (Å²) in [7, 11) is 1.62. The Kier molecular flexibility index (Phi) is 7.64. The average Bonchev–Trinajstić information content (AvgIpc) is 3.33. The molecule has 176 valence electrons. The van der Waals surface area contributed by atoms with Crippen molar-refractivity contribution in [3.63, 3.8) is 0 Å². The van der Waals surface area contributed by atoms with E-state index in [1.165, 1.54) is 0 Å². The van der Waals surface area contributed by atoms with Gasteiger partial charge in [0.25, 0.3) is 0 Å². The summed E-state index contributed by atoms with van der Waals surface area (Å²) >= 11 is 0. The third-order valence-corrected chi connectivity index (χ3v) is 5.79. The van der Waals surface area contributed by atoms with Crippen molar-refractivity contribution in [1.82, 2.24) is 15.5 Å². The lowest BCUT2D eigenvalue weighted by atomic mass is 10.0. The molecule has 1 saturated heterocycles. The number of ether oxygens (including phenoxy) is 4. The van der Waals surface area contributed by atoms with Gasteiger partial charge in [-0.05, 0) is 41.8 Å². The maximum Gasteiger partial charge on any atom is 0.309 e. The summed E-state index contributed by atoms with van der Waals surface area (Å²) in [6.07, 6.45) is 0.622. The number of benzene rings is 2. The first-order chi connectivity index (χ1) is 16.1. The standard InChI is InChI=1S/C24H29N3O6/c1-30-19-5-2-17(3-6-19)8-9-25-23(28)24(29)26-15-20(27-10-12-31-13-11-27)18-4-7-21-22(14-18)33-16-32-21/h2-7,14,20H,8-13,15-16H2,1H3,(H,25,28)(H,26,29)/t20-/m0/s1. The molecule has 2 N–H and O–H groups in total. The molecule has 9 nitrogen and oxygen atoms in total. The molecule has 2 aromatic carbocycles. The summed E-state index contributed by atoms with van der Waals surface area (Å²) in [5.74, 6) is 0.881. The number of fused-ring (bicyclic) bond motifs is 1. The molecule has 33 heavy (non-hydrogen) atoms. The highest BCUT2D eigenvalue weighted by Crippen LogP contribution is 2.35. The minimum atomic E-state index is -0.649. The fourth-order valence-corrected chi connectivity index (χ4v) is 3.93. The van der Waals surface area contributed by atoms with E-state index in [1.807, 2.05) is 42.5 Å². The molecule has 0 aromatic heterocycles. The number of nitrogens with one attached hydrogen (secondary N) is 2. The van der Waals surface area contributed by atoms with Gasteiger partial charge in [0.15, 0.2) is 11.5 Å². The van der Waals surface area contributed by atoms with E-state index in [2.05, 4.69) is 15.5 Å². The van der Waals surface area contributed by atoms with Crippen LogP contribution in [0.4, 0.5) is 0 Å². The lowest BCUT2D eigenvalue weighted by Gasteiger charge is -2.34. The SMILES string of the molecule is COc1ccc(CCNC(=O)C(=O)NC[C@@H](c2ccc3c(c2)OCO3)N2CCOCC2)cc1. The van der Waals surface area contributed by atoms with E-state index < -0.39 is 11.8 Å². The third kappa shape index (κ3) is 5.94. The second-order valence-corrected chi connectivity index (χ2v) is 7.84. The largest absolute Gasteiger partial charge is 0.497 e. The molecule has 0 radical (unpaired) electrons. The van der Waals surface area contributed by atoms with E-state index in [4.69, 9.17) is 18.9 Å². The molecule has 9 heteroatoms. The predicted molar refractivity (Wildman–Crippen MR) is 120 cm³/mol. The van der Waals surface area contributed by atoms with Gasteiger partial charge in [-0.2, -0.15) is 0 Å². The first-order valence-electron chi connectivity index (χ1n) is 11.0. The Labute approximate surface area is 192 Å². The Balaban J connectivity index is 1.31. The van der Waals surface area contributed by atoms with E-state index in [1.54, 1.807) is 7.11 Å². The quantitative estimate of drug-likeness (QED) is 0.579. The smallest absolute Gasteiger partial charge is 0.309 e. The van der Waals surface area contributed by atoms with Crippen LogP contribution < -0.4 is 24.8 Å². The Hall–Kier alpha value is -3.30. The van der Waals surface area contributed by atoms with E-state index >= 15 is 0 Å². The molecular formula is C24H29N3O6. The highest BCUT2D eigenvalue weighted by atomic mass is 16.7. The summed E-state index contributed by atoms with van der Waals surface area (Å²) in [5, 5.41) is 5.47. The molecular weight excluding hydrogens is 426 g/mol. The van der Waals surface area contributed by atoms with Crippen molar-refractivity contribution in [2.45, 2.75) is 12.5 Å². The number of rotatable bonds is 8. The van der Waals surface area contributed by atoms with Crippen LogP contribution in [-0.2, 0) is 20.7 Å². The number of carbonyl (C=O) groups is 2. The molecule has 0 aliphatic carbocycles. The predicted octanol–water partition coefficient (Wildman–Crippen LogP) is 1.27. The van der Waals surface area contributed by atoms with Gasteiger partial charge in [-0.15, -0.1) is 0 Å². The maximum absolute atomic E-state index is 12.4. The summed E-state index contributed by atoms with van der Waals surface area (Å²) in [6, 6.07) is 13.3. The topological polar surface area (TPSA) is 98.4 Å². The number of amides is 2. The van der Waals surface area contributed by atoms with Crippen LogP contribution in [0.2, 0.25) is 0 Å². The zero-order chi connectivity index (χ0) is 23.0. The molecule has 2 aromatic rings. The zero-order valence-electron chi connectivity index (χ0n) is 18.7. The number of morpholine rings is 1. The molecule has 2 heterocycles. The lowest BCUT2D eigenvalue weighted by Crippen LogP contribution is -2.47. The molecule has 2 amide bonds. The van der Waals surface area contributed by atoms with Gasteiger partial charge >= 0.3 is 11.8 Å². The third-order valence-electron chi connectivity index (χ3n) is 5.79. The minimum Gasteiger partial charge on any atom is -0.497 e. The zero-order valence-corrected chi connectivity index (χ0v) is 18.7. The van der Waals surface area contributed by atoms with Gasteiger partial charge in [0, 0.05) is 26.2 Å². The number of carbonyl (C=O) groups excluding carboxylic acids is 2. The molecule has 0 bridgehead atoms. The van der Waals surface area contributed by atoms with Crippen molar-refractivity contribution in [2.75, 3.05) is 53.3 Å². The van der Waals surface area contributed by atoms with Crippen LogP contribution in [0.3, 0.4) is 0 Å². The average molecular weight is 456 g/mol. The summed E-state index contributed by atoms with van der Waals surface area (Å²) in [4.78, 5) is 27.0. The van der Waals surface area contributed by atoms with Crippen LogP contribution >= 0.6 is 0 Å². The Morgan fingerprint density at radius 3 is 2.48 bits per heavy atom. The van der Waals surface area contributed by atoms with Gasteiger partial charge in [-0.25, -0.2) is 0 Å². The highest BCUT2D eigenvalue weighted by molar-refractivity contribution is 6.35. The highest BCUT2D eigenvalue weighted by Gasteiger charge is 2.26. The van der Waals surface area contributed by atoms with Gasteiger partial charge in [-0.3, -0.25) is 14.5 Å².